The molecule has 0 spiro atoms. The Morgan fingerprint density at radius 3 is 2.32 bits per heavy atom. The van der Waals surface area contributed by atoms with E-state index in [1.54, 1.807) is 26.2 Å². The van der Waals surface area contributed by atoms with Crippen molar-refractivity contribution in [2.45, 2.75) is 19.4 Å². The minimum Gasteiger partial charge on any atom is -0.497 e. The average molecular weight is 525 g/mol. The van der Waals surface area contributed by atoms with Crippen LogP contribution < -0.4 is 14.2 Å². The molecule has 204 valence electrons. The molecule has 2 aromatic carbocycles. The minimum atomic E-state index is -0.419. The fourth-order valence-electron chi connectivity index (χ4n) is 4.71. The quantitative estimate of drug-likeness (QED) is 0.472. The van der Waals surface area contributed by atoms with Crippen LogP contribution >= 0.6 is 0 Å². The lowest BCUT2D eigenvalue weighted by atomic mass is 9.97. The summed E-state index contributed by atoms with van der Waals surface area (Å²) in [5.41, 5.74) is 2.44. The van der Waals surface area contributed by atoms with Crippen molar-refractivity contribution >= 4 is 17.5 Å². The van der Waals surface area contributed by atoms with E-state index in [9.17, 15) is 9.59 Å². The van der Waals surface area contributed by atoms with E-state index in [2.05, 4.69) is 4.90 Å². The third kappa shape index (κ3) is 6.43. The zero-order valence-electron chi connectivity index (χ0n) is 22.5. The number of methoxy groups -OCH3 is 3. The topological polar surface area (TPSA) is 93.1 Å². The number of benzene rings is 2. The molecule has 1 saturated heterocycles. The summed E-state index contributed by atoms with van der Waals surface area (Å²) in [7, 11) is 4.82. The molecule has 0 bridgehead atoms. The van der Waals surface area contributed by atoms with Gasteiger partial charge in [0.25, 0.3) is 5.91 Å². The number of hydrogen-bond donors (Lipinski definition) is 0. The van der Waals surface area contributed by atoms with Gasteiger partial charge in [0.2, 0.25) is 5.91 Å². The Morgan fingerprint density at radius 1 is 1.00 bits per heavy atom. The Labute approximate surface area is 223 Å². The van der Waals surface area contributed by atoms with Gasteiger partial charge in [-0.25, -0.2) is 5.01 Å². The number of amides is 2. The van der Waals surface area contributed by atoms with E-state index in [0.717, 1.165) is 35.7 Å². The minimum absolute atomic E-state index is 0.0676. The molecule has 2 aliphatic heterocycles. The molecule has 2 amide bonds. The number of carbonyl (C=O) groups excluding carboxylic acids is 2. The first-order valence-corrected chi connectivity index (χ1v) is 12.7. The van der Waals surface area contributed by atoms with Gasteiger partial charge in [-0.2, -0.15) is 5.10 Å². The van der Waals surface area contributed by atoms with Crippen molar-refractivity contribution in [2.24, 2.45) is 5.10 Å². The van der Waals surface area contributed by atoms with E-state index in [-0.39, 0.29) is 18.4 Å². The number of morpholine rings is 1. The zero-order chi connectivity index (χ0) is 27.1. The molecule has 0 saturated carbocycles. The van der Waals surface area contributed by atoms with Gasteiger partial charge in [-0.1, -0.05) is 0 Å². The average Bonchev–Trinajstić information content (AvgIpc) is 3.40. The van der Waals surface area contributed by atoms with Crippen LogP contribution in [0.5, 0.6) is 17.2 Å². The van der Waals surface area contributed by atoms with Crippen LogP contribution in [0, 0.1) is 0 Å². The van der Waals surface area contributed by atoms with Gasteiger partial charge in [-0.15, -0.1) is 0 Å². The summed E-state index contributed by atoms with van der Waals surface area (Å²) in [6.07, 6.45) is 0.482. The first-order valence-electron chi connectivity index (χ1n) is 12.7. The van der Waals surface area contributed by atoms with Crippen molar-refractivity contribution in [3.8, 4) is 17.2 Å². The van der Waals surface area contributed by atoms with E-state index in [1.807, 2.05) is 42.5 Å². The van der Waals surface area contributed by atoms with E-state index >= 15 is 0 Å². The van der Waals surface area contributed by atoms with Gasteiger partial charge < -0.3 is 23.8 Å². The summed E-state index contributed by atoms with van der Waals surface area (Å²) in [6.45, 7) is 5.56. The number of nitrogens with zero attached hydrogens (tertiary/aromatic N) is 4. The lowest BCUT2D eigenvalue weighted by Gasteiger charge is -2.30. The normalized spacial score (nSPS) is 17.6. The van der Waals surface area contributed by atoms with E-state index < -0.39 is 6.04 Å². The smallest absolute Gasteiger partial charge is 0.262 e. The molecule has 1 atom stereocenters. The fourth-order valence-corrected chi connectivity index (χ4v) is 4.71. The van der Waals surface area contributed by atoms with Gasteiger partial charge in [0.15, 0.2) is 0 Å². The Balaban J connectivity index is 1.60. The van der Waals surface area contributed by atoms with Gasteiger partial charge >= 0.3 is 0 Å². The molecule has 2 heterocycles. The number of ether oxygens (including phenoxy) is 4. The van der Waals surface area contributed by atoms with Crippen LogP contribution in [0.2, 0.25) is 0 Å². The van der Waals surface area contributed by atoms with E-state index in [4.69, 9.17) is 24.0 Å². The second-order valence-electron chi connectivity index (χ2n) is 9.24. The highest BCUT2D eigenvalue weighted by molar-refractivity contribution is 6.03. The van der Waals surface area contributed by atoms with Crippen molar-refractivity contribution in [1.82, 2.24) is 14.8 Å². The number of hydrogen-bond acceptors (Lipinski definition) is 8. The van der Waals surface area contributed by atoms with E-state index in [1.165, 1.54) is 11.9 Å². The largest absolute Gasteiger partial charge is 0.497 e. The summed E-state index contributed by atoms with van der Waals surface area (Å²) in [5, 5.41) is 6.25. The predicted octanol–water partition coefficient (Wildman–Crippen LogP) is 2.57. The van der Waals surface area contributed by atoms with Crippen LogP contribution in [-0.4, -0.2) is 99.6 Å². The maximum Gasteiger partial charge on any atom is 0.262 e. The van der Waals surface area contributed by atoms with Crippen molar-refractivity contribution in [1.29, 1.82) is 0 Å². The molecule has 10 heteroatoms. The molecule has 0 unspecified atom stereocenters. The first kappa shape index (κ1) is 27.4. The highest BCUT2D eigenvalue weighted by Crippen LogP contribution is 2.39. The SMILES string of the molecule is COc1ccc(C2=NN(C(=O)CN(CCN3CCOCC3)C(C)=O)[C@@H](c3cc(OC)ccc3OC)C2)cc1. The molecule has 2 aromatic rings. The number of carbonyl (C=O) groups is 2. The summed E-state index contributed by atoms with van der Waals surface area (Å²) in [6, 6.07) is 12.7. The fraction of sp³-hybridized carbons (Fsp3) is 0.464. The highest BCUT2D eigenvalue weighted by Gasteiger charge is 2.36. The Bertz CT molecular complexity index is 1150. The van der Waals surface area contributed by atoms with Crippen LogP contribution in [0.3, 0.4) is 0 Å². The molecule has 4 rings (SSSR count). The van der Waals surface area contributed by atoms with Crippen LogP contribution in [-0.2, 0) is 14.3 Å². The second kappa shape index (κ2) is 12.7. The molecule has 0 radical (unpaired) electrons. The van der Waals surface area contributed by atoms with Crippen molar-refractivity contribution < 1.29 is 28.5 Å². The van der Waals surface area contributed by atoms with Gasteiger partial charge in [0.1, 0.15) is 23.8 Å². The lowest BCUT2D eigenvalue weighted by molar-refractivity contribution is -0.140. The van der Waals surface area contributed by atoms with Crippen LogP contribution in [0.4, 0.5) is 0 Å². The van der Waals surface area contributed by atoms with E-state index in [0.29, 0.717) is 44.2 Å². The predicted molar refractivity (Wildman–Crippen MR) is 143 cm³/mol. The van der Waals surface area contributed by atoms with Crippen LogP contribution in [0.25, 0.3) is 0 Å². The molecule has 1 fully saturated rings. The monoisotopic (exact) mass is 524 g/mol. The first-order chi connectivity index (χ1) is 18.4. The van der Waals surface area contributed by atoms with Gasteiger partial charge in [0.05, 0.1) is 46.3 Å². The third-order valence-corrected chi connectivity index (χ3v) is 6.95. The van der Waals surface area contributed by atoms with Crippen LogP contribution in [0.1, 0.15) is 30.5 Å². The molecular weight excluding hydrogens is 488 g/mol. The van der Waals surface area contributed by atoms with Crippen LogP contribution in [0.15, 0.2) is 47.6 Å². The molecule has 38 heavy (non-hydrogen) atoms. The van der Waals surface area contributed by atoms with Crippen molar-refractivity contribution in [3.05, 3.63) is 53.6 Å². The summed E-state index contributed by atoms with van der Waals surface area (Å²) >= 11 is 0. The van der Waals surface area contributed by atoms with Gasteiger partial charge in [-0.3, -0.25) is 14.5 Å². The maximum absolute atomic E-state index is 13.7. The molecule has 0 aromatic heterocycles. The molecule has 0 N–H and O–H groups in total. The van der Waals surface area contributed by atoms with Gasteiger partial charge in [-0.05, 0) is 48.0 Å². The highest BCUT2D eigenvalue weighted by atomic mass is 16.5. The van der Waals surface area contributed by atoms with Gasteiger partial charge in [0, 0.05) is 45.1 Å². The molecule has 10 nitrogen and oxygen atoms in total. The third-order valence-electron chi connectivity index (χ3n) is 6.95. The molecule has 2 aliphatic rings. The lowest BCUT2D eigenvalue weighted by Crippen LogP contribution is -2.46. The second-order valence-corrected chi connectivity index (χ2v) is 9.24. The molecular formula is C28H36N4O6. The van der Waals surface area contributed by atoms with Crippen molar-refractivity contribution in [3.63, 3.8) is 0 Å². The summed E-state index contributed by atoms with van der Waals surface area (Å²) in [5.74, 6) is 1.61. The summed E-state index contributed by atoms with van der Waals surface area (Å²) < 4.78 is 21.8. The Morgan fingerprint density at radius 2 is 1.68 bits per heavy atom. The number of rotatable bonds is 10. The summed E-state index contributed by atoms with van der Waals surface area (Å²) in [4.78, 5) is 30.0. The maximum atomic E-state index is 13.7. The Kier molecular flexibility index (Phi) is 9.19. The standard InChI is InChI=1S/C28H36N4O6/c1-20(33)31(12-11-30-13-15-38-16-14-30)19-28(34)32-26(24-17-23(36-3)9-10-27(24)37-4)18-25(29-32)21-5-7-22(35-2)8-6-21/h5-10,17,26H,11-16,18-19H2,1-4H3/t26-/m1/s1. The zero-order valence-corrected chi connectivity index (χ0v) is 22.5. The number of hydrazone groups is 1. The molecule has 0 aliphatic carbocycles. The van der Waals surface area contributed by atoms with Crippen molar-refractivity contribution in [2.75, 3.05) is 67.3 Å². The Hall–Kier alpha value is -3.63.